The lowest BCUT2D eigenvalue weighted by Gasteiger charge is -2.30. The van der Waals surface area contributed by atoms with Gasteiger partial charge in [0.25, 0.3) is 5.91 Å². The van der Waals surface area contributed by atoms with Crippen molar-refractivity contribution in [3.05, 3.63) is 65.0 Å². The molecule has 1 saturated carbocycles. The van der Waals surface area contributed by atoms with Gasteiger partial charge < -0.3 is 15.4 Å². The molecule has 1 heterocycles. The molecule has 2 atom stereocenters. The summed E-state index contributed by atoms with van der Waals surface area (Å²) in [6.45, 7) is 1.87. The van der Waals surface area contributed by atoms with Crippen LogP contribution in [-0.2, 0) is 32.9 Å². The Kier molecular flexibility index (Phi) is 5.11. The molecular formula is C25H26FN3O4. The third kappa shape index (κ3) is 3.73. The van der Waals surface area contributed by atoms with E-state index in [9.17, 15) is 18.8 Å². The van der Waals surface area contributed by atoms with Crippen LogP contribution < -0.4 is 5.73 Å². The number of aryl methyl sites for hydroxylation is 1. The zero-order chi connectivity index (χ0) is 23.3. The molecule has 0 aromatic heterocycles. The highest BCUT2D eigenvalue weighted by atomic mass is 19.1. The maximum Gasteiger partial charge on any atom is 0.418 e. The van der Waals surface area contributed by atoms with Crippen molar-refractivity contribution in [2.45, 2.75) is 50.8 Å². The zero-order valence-corrected chi connectivity index (χ0v) is 18.4. The van der Waals surface area contributed by atoms with Crippen molar-refractivity contribution in [3.8, 4) is 0 Å². The summed E-state index contributed by atoms with van der Waals surface area (Å²) in [5.74, 6) is -0.808. The van der Waals surface area contributed by atoms with Gasteiger partial charge in [0.05, 0.1) is 0 Å². The van der Waals surface area contributed by atoms with Crippen molar-refractivity contribution in [1.82, 2.24) is 9.80 Å². The second-order valence-electron chi connectivity index (χ2n) is 9.23. The molecule has 0 bridgehead atoms. The normalized spacial score (nSPS) is 22.4. The molecule has 1 spiro atoms. The molecule has 172 valence electrons. The molecule has 2 N–H and O–H groups in total. The van der Waals surface area contributed by atoms with E-state index in [0.29, 0.717) is 30.0 Å². The molecule has 3 aliphatic rings. The molecular weight excluding hydrogens is 425 g/mol. The van der Waals surface area contributed by atoms with Crippen molar-refractivity contribution >= 4 is 23.6 Å². The number of carbonyl (C=O) groups is 3. The van der Waals surface area contributed by atoms with E-state index in [0.717, 1.165) is 28.9 Å². The van der Waals surface area contributed by atoms with Crippen LogP contribution in [0.4, 0.5) is 14.9 Å². The number of nitrogen functional groups attached to an aromatic ring is 1. The van der Waals surface area contributed by atoms with Crippen LogP contribution in [0.15, 0.2) is 42.5 Å². The van der Waals surface area contributed by atoms with Crippen LogP contribution in [0.25, 0.3) is 0 Å². The second kappa shape index (κ2) is 7.86. The summed E-state index contributed by atoms with van der Waals surface area (Å²) in [5.41, 5.74) is 7.36. The van der Waals surface area contributed by atoms with Crippen LogP contribution in [0.5, 0.6) is 0 Å². The predicted octanol–water partition coefficient (Wildman–Crippen LogP) is 3.36. The van der Waals surface area contributed by atoms with E-state index in [-0.39, 0.29) is 30.9 Å². The number of anilines is 1. The largest absolute Gasteiger partial charge is 0.427 e. The van der Waals surface area contributed by atoms with Gasteiger partial charge in [-0.2, -0.15) is 0 Å². The first-order valence-corrected chi connectivity index (χ1v) is 11.3. The molecule has 0 radical (unpaired) electrons. The van der Waals surface area contributed by atoms with Gasteiger partial charge in [-0.05, 0) is 67.5 Å². The summed E-state index contributed by atoms with van der Waals surface area (Å²) in [6, 6.07) is 11.1. The van der Waals surface area contributed by atoms with E-state index in [2.05, 4.69) is 0 Å². The molecule has 2 fully saturated rings. The van der Waals surface area contributed by atoms with Crippen molar-refractivity contribution < 1.29 is 23.5 Å². The Balaban J connectivity index is 1.37. The maximum atomic E-state index is 13.4. The van der Waals surface area contributed by atoms with Crippen LogP contribution in [-0.4, -0.2) is 40.3 Å². The number of nitrogens with zero attached hydrogens (tertiary/aromatic N) is 2. The van der Waals surface area contributed by atoms with Gasteiger partial charge in [0.2, 0.25) is 11.5 Å². The summed E-state index contributed by atoms with van der Waals surface area (Å²) in [6.07, 6.45) is 2.15. The summed E-state index contributed by atoms with van der Waals surface area (Å²) in [4.78, 5) is 42.1. The number of rotatable bonds is 6. The molecule has 5 rings (SSSR count). The predicted molar refractivity (Wildman–Crippen MR) is 118 cm³/mol. The number of fused-ring (bicyclic) bond motifs is 2. The van der Waals surface area contributed by atoms with E-state index in [1.54, 1.807) is 35.2 Å². The van der Waals surface area contributed by atoms with Gasteiger partial charge in [0, 0.05) is 30.3 Å². The number of carbonyl (C=O) groups excluding carboxylic acids is 3. The third-order valence-electron chi connectivity index (χ3n) is 7.06. The first-order chi connectivity index (χ1) is 15.8. The topological polar surface area (TPSA) is 92.9 Å². The Morgan fingerprint density at radius 2 is 1.97 bits per heavy atom. The summed E-state index contributed by atoms with van der Waals surface area (Å²) >= 11 is 0. The Morgan fingerprint density at radius 1 is 1.24 bits per heavy atom. The smallest absolute Gasteiger partial charge is 0.418 e. The molecule has 1 aliphatic heterocycles. The highest BCUT2D eigenvalue weighted by molar-refractivity contribution is 6.06. The monoisotopic (exact) mass is 451 g/mol. The molecule has 2 aromatic carbocycles. The van der Waals surface area contributed by atoms with Gasteiger partial charge in [-0.3, -0.25) is 9.59 Å². The quantitative estimate of drug-likeness (QED) is 0.680. The highest BCUT2D eigenvalue weighted by Crippen LogP contribution is 2.46. The van der Waals surface area contributed by atoms with Crippen molar-refractivity contribution in [1.29, 1.82) is 0 Å². The highest BCUT2D eigenvalue weighted by Gasteiger charge is 2.58. The number of amides is 3. The number of benzene rings is 2. The average molecular weight is 451 g/mol. The van der Waals surface area contributed by atoms with Gasteiger partial charge in [0.15, 0.2) is 0 Å². The number of nitrogens with two attached hydrogens (primary N) is 1. The van der Waals surface area contributed by atoms with Crippen LogP contribution >= 0.6 is 0 Å². The maximum absolute atomic E-state index is 13.4. The summed E-state index contributed by atoms with van der Waals surface area (Å²) in [5, 5.41) is 0. The van der Waals surface area contributed by atoms with Crippen molar-refractivity contribution in [3.63, 3.8) is 0 Å². The Labute approximate surface area is 191 Å². The minimum atomic E-state index is -1.38. The Morgan fingerprint density at radius 3 is 2.67 bits per heavy atom. The Bertz CT molecular complexity index is 1130. The number of ether oxygens (including phenoxy) is 1. The van der Waals surface area contributed by atoms with Gasteiger partial charge in [-0.1, -0.05) is 18.2 Å². The van der Waals surface area contributed by atoms with Gasteiger partial charge in [0.1, 0.15) is 12.4 Å². The number of hydrogen-bond acceptors (Lipinski definition) is 5. The zero-order valence-electron chi connectivity index (χ0n) is 18.4. The van der Waals surface area contributed by atoms with E-state index in [1.165, 1.54) is 12.1 Å². The lowest BCUT2D eigenvalue weighted by atomic mass is 9.94. The van der Waals surface area contributed by atoms with Crippen LogP contribution in [0.1, 0.15) is 42.9 Å². The number of imide groups is 1. The third-order valence-corrected chi connectivity index (χ3v) is 7.06. The van der Waals surface area contributed by atoms with Crippen LogP contribution in [0.3, 0.4) is 0 Å². The minimum absolute atomic E-state index is 0.0552. The molecule has 1 unspecified atom stereocenters. The molecule has 7 nitrogen and oxygen atoms in total. The van der Waals surface area contributed by atoms with Gasteiger partial charge >= 0.3 is 6.09 Å². The van der Waals surface area contributed by atoms with Crippen molar-refractivity contribution in [2.24, 2.45) is 5.92 Å². The van der Waals surface area contributed by atoms with E-state index in [4.69, 9.17) is 10.5 Å². The first kappa shape index (κ1) is 21.4. The summed E-state index contributed by atoms with van der Waals surface area (Å²) in [7, 11) is 0. The summed E-state index contributed by atoms with van der Waals surface area (Å²) < 4.78 is 18.9. The Hall–Kier alpha value is -3.42. The minimum Gasteiger partial charge on any atom is -0.427 e. The fourth-order valence-corrected chi connectivity index (χ4v) is 4.98. The molecule has 2 aliphatic carbocycles. The van der Waals surface area contributed by atoms with Crippen LogP contribution in [0.2, 0.25) is 0 Å². The molecule has 1 saturated heterocycles. The number of hydrogen-bond donors (Lipinski definition) is 1. The van der Waals surface area contributed by atoms with E-state index >= 15 is 0 Å². The molecule has 8 heteroatoms. The van der Waals surface area contributed by atoms with Crippen molar-refractivity contribution in [2.75, 3.05) is 12.3 Å². The second-order valence-corrected chi connectivity index (χ2v) is 9.23. The average Bonchev–Trinajstić information content (AvgIpc) is 3.54. The number of halogens is 1. The standard InChI is InChI=1S/C25H26FN3O4/c1-15(17-4-5-17)28(13-16-2-6-19(26)7-3-16)22(30)14-29-23(31)25(33-24(29)32)11-10-18-12-20(27)8-9-21(18)25/h2-3,6-9,12,15,17H,4-5,10-11,13-14,27H2,1H3/t15-,25?/m1/s1. The van der Waals surface area contributed by atoms with Gasteiger partial charge in [-0.15, -0.1) is 0 Å². The van der Waals surface area contributed by atoms with E-state index in [1.807, 2.05) is 6.92 Å². The fraction of sp³-hybridized carbons (Fsp3) is 0.400. The van der Waals surface area contributed by atoms with Crippen LogP contribution in [0, 0.1) is 11.7 Å². The fourth-order valence-electron chi connectivity index (χ4n) is 4.98. The lowest BCUT2D eigenvalue weighted by Crippen LogP contribution is -2.47. The lowest BCUT2D eigenvalue weighted by molar-refractivity contribution is -0.143. The molecule has 2 aromatic rings. The molecule has 3 amide bonds. The SMILES string of the molecule is C[C@H](C1CC1)N(Cc1ccc(F)cc1)C(=O)CN1C(=O)OC2(CCc3cc(N)ccc32)C1=O. The van der Waals surface area contributed by atoms with Gasteiger partial charge in [-0.25, -0.2) is 14.1 Å². The molecule has 33 heavy (non-hydrogen) atoms. The first-order valence-electron chi connectivity index (χ1n) is 11.3. The van der Waals surface area contributed by atoms with E-state index < -0.39 is 17.6 Å².